The molecule has 1 rings (SSSR count). The van der Waals surface area contributed by atoms with Gasteiger partial charge in [-0.15, -0.1) is 13.2 Å². The summed E-state index contributed by atoms with van der Waals surface area (Å²) < 4.78 is 44.1. The number of carboxylic acids is 1. The molecule has 0 bridgehead atoms. The van der Waals surface area contributed by atoms with Gasteiger partial charge in [0, 0.05) is 0 Å². The number of halogens is 3. The molecule has 0 aromatic heterocycles. The first-order valence-corrected chi connectivity index (χ1v) is 5.88. The minimum absolute atomic E-state index is 0.139. The molecule has 0 amide bonds. The van der Waals surface area contributed by atoms with E-state index in [2.05, 4.69) is 4.74 Å². The van der Waals surface area contributed by atoms with Crippen LogP contribution >= 0.6 is 0 Å². The van der Waals surface area contributed by atoms with Crippen molar-refractivity contribution < 1.29 is 32.5 Å². The van der Waals surface area contributed by atoms with Gasteiger partial charge in [0.1, 0.15) is 5.75 Å². The summed E-state index contributed by atoms with van der Waals surface area (Å²) in [5, 5.41) is 9.00. The monoisotopic (exact) mass is 292 g/mol. The van der Waals surface area contributed by atoms with E-state index in [0.29, 0.717) is 11.3 Å². The molecule has 0 aliphatic rings. The molecule has 1 aromatic rings. The number of aliphatic carboxylic acids is 1. The normalized spacial score (nSPS) is 13.0. The number of benzene rings is 1. The van der Waals surface area contributed by atoms with Crippen LogP contribution in [-0.2, 0) is 16.0 Å². The maximum Gasteiger partial charge on any atom is 0.522 e. The van der Waals surface area contributed by atoms with Crippen molar-refractivity contribution >= 4 is 5.97 Å². The smallest absolute Gasteiger partial charge is 0.497 e. The summed E-state index contributed by atoms with van der Waals surface area (Å²) in [6, 6.07) is 6.69. The van der Waals surface area contributed by atoms with Gasteiger partial charge in [-0.3, -0.25) is 9.53 Å². The minimum Gasteiger partial charge on any atom is -0.497 e. The van der Waals surface area contributed by atoms with E-state index in [9.17, 15) is 18.0 Å². The quantitative estimate of drug-likeness (QED) is 0.839. The van der Waals surface area contributed by atoms with Crippen LogP contribution in [0, 0.1) is 5.92 Å². The van der Waals surface area contributed by atoms with Crippen molar-refractivity contribution in [2.75, 3.05) is 13.7 Å². The van der Waals surface area contributed by atoms with E-state index in [1.54, 1.807) is 24.3 Å². The summed E-state index contributed by atoms with van der Waals surface area (Å²) in [6.45, 7) is -0.670. The average Bonchev–Trinajstić information content (AvgIpc) is 2.37. The van der Waals surface area contributed by atoms with Gasteiger partial charge >= 0.3 is 12.3 Å². The van der Waals surface area contributed by atoms with E-state index in [4.69, 9.17) is 9.84 Å². The number of methoxy groups -OCH3 is 1. The Morgan fingerprint density at radius 1 is 1.30 bits per heavy atom. The molecule has 1 N–H and O–H groups in total. The third-order valence-corrected chi connectivity index (χ3v) is 2.72. The van der Waals surface area contributed by atoms with Gasteiger partial charge in [-0.1, -0.05) is 12.1 Å². The Labute approximate surface area is 114 Å². The van der Waals surface area contributed by atoms with E-state index in [-0.39, 0.29) is 12.8 Å². The topological polar surface area (TPSA) is 55.8 Å². The number of alkyl halides is 3. The van der Waals surface area contributed by atoms with Gasteiger partial charge in [-0.05, 0) is 30.5 Å². The summed E-state index contributed by atoms with van der Waals surface area (Å²) in [4.78, 5) is 11.0. The molecule has 0 saturated heterocycles. The van der Waals surface area contributed by atoms with Crippen molar-refractivity contribution in [3.8, 4) is 5.75 Å². The summed E-state index contributed by atoms with van der Waals surface area (Å²) >= 11 is 0. The van der Waals surface area contributed by atoms with Gasteiger partial charge in [-0.25, -0.2) is 0 Å². The van der Waals surface area contributed by atoms with Crippen LogP contribution in [0.1, 0.15) is 12.0 Å². The molecule has 0 spiro atoms. The second kappa shape index (κ2) is 7.14. The number of carboxylic acid groups (broad SMARTS) is 1. The maximum absolute atomic E-state index is 11.8. The van der Waals surface area contributed by atoms with Crippen LogP contribution in [0.2, 0.25) is 0 Å². The van der Waals surface area contributed by atoms with Crippen molar-refractivity contribution in [1.29, 1.82) is 0 Å². The van der Waals surface area contributed by atoms with Gasteiger partial charge in [0.25, 0.3) is 0 Å². The van der Waals surface area contributed by atoms with Gasteiger partial charge < -0.3 is 9.84 Å². The molecule has 4 nitrogen and oxygen atoms in total. The molecule has 0 radical (unpaired) electrons. The Morgan fingerprint density at radius 2 is 1.90 bits per heavy atom. The Kier molecular flexibility index (Phi) is 5.82. The largest absolute Gasteiger partial charge is 0.522 e. The second-order valence-corrected chi connectivity index (χ2v) is 4.17. The molecule has 0 saturated carbocycles. The zero-order valence-corrected chi connectivity index (χ0v) is 10.8. The lowest BCUT2D eigenvalue weighted by atomic mass is 9.96. The van der Waals surface area contributed by atoms with Crippen LogP contribution in [0.15, 0.2) is 24.3 Å². The van der Waals surface area contributed by atoms with Crippen LogP contribution in [-0.4, -0.2) is 31.2 Å². The molecule has 20 heavy (non-hydrogen) atoms. The van der Waals surface area contributed by atoms with Crippen molar-refractivity contribution in [2.24, 2.45) is 5.92 Å². The molecule has 0 aliphatic carbocycles. The van der Waals surface area contributed by atoms with Gasteiger partial charge in [-0.2, -0.15) is 0 Å². The van der Waals surface area contributed by atoms with Crippen molar-refractivity contribution in [2.45, 2.75) is 19.2 Å². The van der Waals surface area contributed by atoms with Crippen LogP contribution in [0.4, 0.5) is 13.2 Å². The molecule has 1 unspecified atom stereocenters. The second-order valence-electron chi connectivity index (χ2n) is 4.17. The Morgan fingerprint density at radius 3 is 2.35 bits per heavy atom. The van der Waals surface area contributed by atoms with E-state index >= 15 is 0 Å². The van der Waals surface area contributed by atoms with Crippen LogP contribution < -0.4 is 4.74 Å². The van der Waals surface area contributed by atoms with Crippen LogP contribution in [0.25, 0.3) is 0 Å². The Hall–Kier alpha value is -1.76. The van der Waals surface area contributed by atoms with Crippen molar-refractivity contribution in [3.63, 3.8) is 0 Å². The highest BCUT2D eigenvalue weighted by Gasteiger charge is 2.30. The lowest BCUT2D eigenvalue weighted by Crippen LogP contribution is -2.21. The highest BCUT2D eigenvalue weighted by molar-refractivity contribution is 5.70. The maximum atomic E-state index is 11.8. The van der Waals surface area contributed by atoms with Crippen molar-refractivity contribution in [1.82, 2.24) is 0 Å². The third-order valence-electron chi connectivity index (χ3n) is 2.72. The predicted octanol–water partition coefficient (Wildman–Crippen LogP) is 2.87. The Bertz CT molecular complexity index is 428. The fourth-order valence-corrected chi connectivity index (χ4v) is 1.68. The fraction of sp³-hybridized carbons (Fsp3) is 0.462. The summed E-state index contributed by atoms with van der Waals surface area (Å²) in [5.41, 5.74) is 0.713. The molecular formula is C13H15F3O4. The first-order valence-electron chi connectivity index (χ1n) is 5.88. The lowest BCUT2D eigenvalue weighted by molar-refractivity contribution is -0.325. The SMILES string of the molecule is COc1ccc(CC(CCOC(F)(F)F)C(=O)O)cc1. The molecule has 7 heteroatoms. The number of hydrogen-bond donors (Lipinski definition) is 1. The molecular weight excluding hydrogens is 277 g/mol. The van der Waals surface area contributed by atoms with Crippen LogP contribution in [0.3, 0.4) is 0 Å². The standard InChI is InChI=1S/C13H15F3O4/c1-19-11-4-2-9(3-5-11)8-10(12(17)18)6-7-20-13(14,15)16/h2-5,10H,6-8H2,1H3,(H,17,18). The van der Waals surface area contributed by atoms with E-state index in [1.807, 2.05) is 0 Å². The van der Waals surface area contributed by atoms with Gasteiger partial charge in [0.15, 0.2) is 0 Å². The lowest BCUT2D eigenvalue weighted by Gasteiger charge is -2.13. The molecule has 1 aromatic carbocycles. The summed E-state index contributed by atoms with van der Waals surface area (Å²) in [6.07, 6.45) is -4.80. The van der Waals surface area contributed by atoms with Crippen molar-refractivity contribution in [3.05, 3.63) is 29.8 Å². The number of hydrogen-bond acceptors (Lipinski definition) is 3. The summed E-state index contributed by atoms with van der Waals surface area (Å²) in [7, 11) is 1.50. The average molecular weight is 292 g/mol. The summed E-state index contributed by atoms with van der Waals surface area (Å²) in [5.74, 6) is -1.45. The highest BCUT2D eigenvalue weighted by atomic mass is 19.4. The van der Waals surface area contributed by atoms with E-state index in [1.165, 1.54) is 7.11 Å². The number of carbonyl (C=O) groups is 1. The third kappa shape index (κ3) is 5.92. The zero-order valence-electron chi connectivity index (χ0n) is 10.8. The van der Waals surface area contributed by atoms with Gasteiger partial charge in [0.05, 0.1) is 19.6 Å². The molecule has 1 atom stereocenters. The molecule has 0 fully saturated rings. The Balaban J connectivity index is 2.55. The van der Waals surface area contributed by atoms with Gasteiger partial charge in [0.2, 0.25) is 0 Å². The number of rotatable bonds is 7. The van der Waals surface area contributed by atoms with E-state index in [0.717, 1.165) is 0 Å². The number of ether oxygens (including phenoxy) is 2. The van der Waals surface area contributed by atoms with Crippen LogP contribution in [0.5, 0.6) is 5.75 Å². The minimum atomic E-state index is -4.73. The fourth-order valence-electron chi connectivity index (χ4n) is 1.68. The highest BCUT2D eigenvalue weighted by Crippen LogP contribution is 2.20. The molecule has 112 valence electrons. The zero-order chi connectivity index (χ0) is 15.2. The molecule has 0 aliphatic heterocycles. The molecule has 0 heterocycles. The first kappa shape index (κ1) is 16.3. The predicted molar refractivity (Wildman–Crippen MR) is 64.4 cm³/mol. The first-order chi connectivity index (χ1) is 9.31. The van der Waals surface area contributed by atoms with E-state index < -0.39 is 24.9 Å².